The second-order valence-corrected chi connectivity index (χ2v) is 8.69. The molecule has 2 aromatic carbocycles. The fourth-order valence-electron chi connectivity index (χ4n) is 4.29. The van der Waals surface area contributed by atoms with Gasteiger partial charge in [0.25, 0.3) is 5.56 Å². The summed E-state index contributed by atoms with van der Waals surface area (Å²) in [6, 6.07) is 13.1. The Morgan fingerprint density at radius 2 is 1.85 bits per heavy atom. The number of nitrogens with zero attached hydrogens (tertiary/aromatic N) is 2. The van der Waals surface area contributed by atoms with E-state index >= 15 is 0 Å². The number of benzene rings is 2. The molecule has 0 radical (unpaired) electrons. The maximum absolute atomic E-state index is 14.6. The molecule has 0 bridgehead atoms. The van der Waals surface area contributed by atoms with E-state index < -0.39 is 22.6 Å². The van der Waals surface area contributed by atoms with Crippen LogP contribution in [-0.4, -0.2) is 25.4 Å². The summed E-state index contributed by atoms with van der Waals surface area (Å²) in [6.07, 6.45) is 1.90. The van der Waals surface area contributed by atoms with Gasteiger partial charge in [-0.3, -0.25) is 19.1 Å². The summed E-state index contributed by atoms with van der Waals surface area (Å²) in [4.78, 5) is 46.7. The van der Waals surface area contributed by atoms with Gasteiger partial charge in [-0.25, -0.2) is 14.2 Å². The van der Waals surface area contributed by atoms with Crippen LogP contribution in [0.5, 0.6) is 0 Å². The van der Waals surface area contributed by atoms with Gasteiger partial charge in [0.05, 0.1) is 5.41 Å². The molecule has 0 saturated heterocycles. The van der Waals surface area contributed by atoms with E-state index in [0.717, 1.165) is 18.4 Å². The van der Waals surface area contributed by atoms with Crippen LogP contribution in [0, 0.1) is 5.82 Å². The zero-order chi connectivity index (χ0) is 23.3. The average molecular weight is 447 g/mol. The van der Waals surface area contributed by atoms with Gasteiger partial charge in [0.2, 0.25) is 5.91 Å². The van der Waals surface area contributed by atoms with Gasteiger partial charge in [-0.15, -0.1) is 0 Å². The van der Waals surface area contributed by atoms with Crippen molar-refractivity contribution in [2.75, 3.05) is 0 Å². The SMILES string of the molecule is CC(Cc1ccccc1F)(c1ccc(C(N)=O)cc1)c1nc2c([nH]1)c(=O)[nH]c(=O)n2C1CC1. The standard InChI is InChI=1S/C24H22FN5O3/c1-24(12-14-4-2-3-5-17(14)25,15-8-6-13(7-9-15)19(26)31)22-27-18-20(28-22)30(16-10-11-16)23(33)29-21(18)32/h2-9,16H,10-12H2,1H3,(H2,26,31)(H,27,28)(H,29,32,33). The Hall–Kier alpha value is -4.01. The number of aromatic nitrogens is 4. The van der Waals surface area contributed by atoms with E-state index in [2.05, 4.69) is 9.97 Å². The van der Waals surface area contributed by atoms with Crippen LogP contribution in [0.25, 0.3) is 11.2 Å². The van der Waals surface area contributed by atoms with Crippen molar-refractivity contribution in [2.45, 2.75) is 37.6 Å². The molecule has 2 heterocycles. The minimum Gasteiger partial charge on any atom is -0.366 e. The number of nitrogens with one attached hydrogen (secondary N) is 2. The number of hydrogen-bond donors (Lipinski definition) is 3. The Balaban J connectivity index is 1.73. The van der Waals surface area contributed by atoms with E-state index in [9.17, 15) is 18.8 Å². The number of H-pyrrole nitrogens is 2. The van der Waals surface area contributed by atoms with Crippen LogP contribution in [0.4, 0.5) is 4.39 Å². The first kappa shape index (κ1) is 20.9. The highest BCUT2D eigenvalue weighted by atomic mass is 19.1. The molecule has 1 saturated carbocycles. The van der Waals surface area contributed by atoms with Gasteiger partial charge >= 0.3 is 5.69 Å². The third-order valence-electron chi connectivity index (χ3n) is 6.32. The molecular formula is C24H22FN5O3. The second kappa shape index (κ2) is 7.54. The number of imidazole rings is 1. The summed E-state index contributed by atoms with van der Waals surface area (Å²) in [5, 5.41) is 0. The Morgan fingerprint density at radius 3 is 2.48 bits per heavy atom. The lowest BCUT2D eigenvalue weighted by molar-refractivity contribution is 0.1000. The Morgan fingerprint density at radius 1 is 1.15 bits per heavy atom. The molecule has 1 aliphatic rings. The van der Waals surface area contributed by atoms with Crippen LogP contribution in [0.2, 0.25) is 0 Å². The smallest absolute Gasteiger partial charge is 0.330 e. The highest BCUT2D eigenvalue weighted by molar-refractivity contribution is 5.92. The predicted octanol–water partition coefficient (Wildman–Crippen LogP) is 2.53. The van der Waals surface area contributed by atoms with Gasteiger partial charge in [0.15, 0.2) is 5.65 Å². The summed E-state index contributed by atoms with van der Waals surface area (Å²) in [6.45, 7) is 1.88. The average Bonchev–Trinajstić information content (AvgIpc) is 3.51. The molecule has 1 fully saturated rings. The number of hydrogen-bond acceptors (Lipinski definition) is 4. The number of carbonyl (C=O) groups excluding carboxylic acids is 1. The molecule has 0 aliphatic heterocycles. The number of fused-ring (bicyclic) bond motifs is 1. The lowest BCUT2D eigenvalue weighted by atomic mass is 9.76. The van der Waals surface area contributed by atoms with Crippen molar-refractivity contribution in [1.29, 1.82) is 0 Å². The summed E-state index contributed by atoms with van der Waals surface area (Å²) in [5.41, 5.74) is 5.47. The number of carbonyl (C=O) groups is 1. The van der Waals surface area contributed by atoms with Gasteiger partial charge in [0.1, 0.15) is 17.2 Å². The number of aromatic amines is 2. The molecular weight excluding hydrogens is 425 g/mol. The van der Waals surface area contributed by atoms with E-state index in [-0.39, 0.29) is 29.4 Å². The molecule has 1 amide bonds. The number of nitrogens with two attached hydrogens (primary N) is 1. The minimum atomic E-state index is -0.908. The molecule has 1 atom stereocenters. The van der Waals surface area contributed by atoms with Crippen LogP contribution in [0.3, 0.4) is 0 Å². The first-order valence-electron chi connectivity index (χ1n) is 10.7. The lowest BCUT2D eigenvalue weighted by Crippen LogP contribution is -2.29. The monoisotopic (exact) mass is 447 g/mol. The highest BCUT2D eigenvalue weighted by Gasteiger charge is 2.36. The van der Waals surface area contributed by atoms with E-state index in [1.54, 1.807) is 42.5 Å². The topological polar surface area (TPSA) is 127 Å². The largest absolute Gasteiger partial charge is 0.366 e. The Bertz CT molecular complexity index is 1500. The molecule has 4 aromatic rings. The zero-order valence-electron chi connectivity index (χ0n) is 17.9. The third-order valence-corrected chi connectivity index (χ3v) is 6.32. The number of primary amides is 1. The summed E-state index contributed by atoms with van der Waals surface area (Å²) in [5.74, 6) is -0.500. The van der Waals surface area contributed by atoms with Gasteiger partial charge in [0, 0.05) is 11.6 Å². The van der Waals surface area contributed by atoms with Gasteiger partial charge in [-0.2, -0.15) is 0 Å². The molecule has 33 heavy (non-hydrogen) atoms. The molecule has 9 heteroatoms. The van der Waals surface area contributed by atoms with Crippen LogP contribution in [-0.2, 0) is 11.8 Å². The van der Waals surface area contributed by atoms with Crippen molar-refractivity contribution < 1.29 is 9.18 Å². The molecule has 8 nitrogen and oxygen atoms in total. The van der Waals surface area contributed by atoms with Gasteiger partial charge in [-0.05, 0) is 55.5 Å². The first-order chi connectivity index (χ1) is 15.8. The third kappa shape index (κ3) is 3.55. The lowest BCUT2D eigenvalue weighted by Gasteiger charge is -2.29. The molecule has 4 N–H and O–H groups in total. The van der Waals surface area contributed by atoms with Crippen LogP contribution >= 0.6 is 0 Å². The summed E-state index contributed by atoms with van der Waals surface area (Å²) in [7, 11) is 0. The molecule has 2 aromatic heterocycles. The number of amides is 1. The fourth-order valence-corrected chi connectivity index (χ4v) is 4.29. The summed E-state index contributed by atoms with van der Waals surface area (Å²) >= 11 is 0. The first-order valence-corrected chi connectivity index (χ1v) is 10.7. The van der Waals surface area contributed by atoms with Crippen LogP contribution in [0.15, 0.2) is 58.1 Å². The maximum Gasteiger partial charge on any atom is 0.330 e. The zero-order valence-corrected chi connectivity index (χ0v) is 17.9. The van der Waals surface area contributed by atoms with Crippen molar-refractivity contribution >= 4 is 17.1 Å². The fraction of sp³-hybridized carbons (Fsp3) is 0.250. The molecule has 1 aliphatic carbocycles. The van der Waals surface area contributed by atoms with E-state index in [4.69, 9.17) is 10.7 Å². The molecule has 0 spiro atoms. The van der Waals surface area contributed by atoms with Crippen molar-refractivity contribution in [2.24, 2.45) is 5.73 Å². The van der Waals surface area contributed by atoms with Crippen molar-refractivity contribution in [3.8, 4) is 0 Å². The quantitative estimate of drug-likeness (QED) is 0.420. The predicted molar refractivity (Wildman–Crippen MR) is 121 cm³/mol. The van der Waals surface area contributed by atoms with Crippen LogP contribution in [0.1, 0.15) is 53.1 Å². The number of rotatable bonds is 6. The Kier molecular flexibility index (Phi) is 4.77. The minimum absolute atomic E-state index is 0.000624. The van der Waals surface area contributed by atoms with Crippen molar-refractivity contribution in [3.05, 3.63) is 97.7 Å². The normalized spacial score (nSPS) is 15.5. The summed E-state index contributed by atoms with van der Waals surface area (Å²) < 4.78 is 16.1. The van der Waals surface area contributed by atoms with Crippen molar-refractivity contribution in [3.63, 3.8) is 0 Å². The van der Waals surface area contributed by atoms with Gasteiger partial charge < -0.3 is 10.7 Å². The molecule has 5 rings (SSSR count). The van der Waals surface area contributed by atoms with Crippen LogP contribution < -0.4 is 17.0 Å². The molecule has 168 valence electrons. The van der Waals surface area contributed by atoms with E-state index in [0.29, 0.717) is 17.0 Å². The Labute approximate surface area is 187 Å². The maximum atomic E-state index is 14.6. The second-order valence-electron chi connectivity index (χ2n) is 8.69. The van der Waals surface area contributed by atoms with E-state index in [1.165, 1.54) is 10.6 Å². The number of halogens is 1. The molecule has 1 unspecified atom stereocenters. The van der Waals surface area contributed by atoms with Crippen molar-refractivity contribution in [1.82, 2.24) is 19.5 Å². The highest BCUT2D eigenvalue weighted by Crippen LogP contribution is 2.38. The van der Waals surface area contributed by atoms with E-state index in [1.807, 2.05) is 6.92 Å². The van der Waals surface area contributed by atoms with Gasteiger partial charge in [-0.1, -0.05) is 30.3 Å².